The van der Waals surface area contributed by atoms with Crippen LogP contribution in [-0.2, 0) is 6.54 Å². The molecule has 0 aliphatic rings. The van der Waals surface area contributed by atoms with Gasteiger partial charge in [-0.25, -0.2) is 0 Å². The van der Waals surface area contributed by atoms with Gasteiger partial charge in [-0.3, -0.25) is 4.68 Å². The molecular weight excluding hydrogens is 162 g/mol. The summed E-state index contributed by atoms with van der Waals surface area (Å²) in [6, 6.07) is 0. The normalized spacial score (nSPS) is 12.0. The molecule has 0 unspecified atom stereocenters. The first-order valence-electron chi connectivity index (χ1n) is 3.44. The van der Waals surface area contributed by atoms with Crippen molar-refractivity contribution >= 4 is 11.6 Å². The van der Waals surface area contributed by atoms with E-state index in [0.717, 1.165) is 0 Å². The van der Waals surface area contributed by atoms with Gasteiger partial charge in [0.25, 0.3) is 0 Å². The lowest BCUT2D eigenvalue weighted by atomic mass is 10.1. The Bertz CT molecular complexity index is 236. The van der Waals surface area contributed by atoms with Crippen molar-refractivity contribution in [3.05, 3.63) is 17.4 Å². The third-order valence-electron chi connectivity index (χ3n) is 1.17. The number of nitrogens with zero attached hydrogens (tertiary/aromatic N) is 2. The second kappa shape index (κ2) is 2.83. The van der Waals surface area contributed by atoms with Crippen LogP contribution >= 0.6 is 11.6 Å². The van der Waals surface area contributed by atoms with Crippen molar-refractivity contribution in [3.63, 3.8) is 0 Å². The second-order valence-corrected chi connectivity index (χ2v) is 3.78. The van der Waals surface area contributed by atoms with Gasteiger partial charge in [-0.15, -0.1) is 0 Å². The lowest BCUT2D eigenvalue weighted by molar-refractivity contribution is 0.408. The van der Waals surface area contributed by atoms with Gasteiger partial charge in [0, 0.05) is 11.7 Å². The van der Waals surface area contributed by atoms with Crippen molar-refractivity contribution in [2.75, 3.05) is 0 Å². The summed E-state index contributed by atoms with van der Waals surface area (Å²) < 4.78 is 1.74. The highest BCUT2D eigenvalue weighted by molar-refractivity contribution is 6.30. The molecule has 0 radical (unpaired) electrons. The molecule has 3 nitrogen and oxygen atoms in total. The summed E-state index contributed by atoms with van der Waals surface area (Å²) in [5.74, 6) is 0. The van der Waals surface area contributed by atoms with Crippen molar-refractivity contribution in [1.29, 1.82) is 0 Å². The molecule has 62 valence electrons. The van der Waals surface area contributed by atoms with Crippen LogP contribution in [0.3, 0.4) is 0 Å². The minimum atomic E-state index is -0.241. The summed E-state index contributed by atoms with van der Waals surface area (Å²) in [5.41, 5.74) is 5.53. The smallest absolute Gasteiger partial charge is 0.0785 e. The van der Waals surface area contributed by atoms with Gasteiger partial charge in [-0.2, -0.15) is 5.10 Å². The number of nitrogens with two attached hydrogens (primary N) is 1. The summed E-state index contributed by atoms with van der Waals surface area (Å²) in [6.07, 6.45) is 3.36. The summed E-state index contributed by atoms with van der Waals surface area (Å²) in [7, 11) is 0. The second-order valence-electron chi connectivity index (χ2n) is 3.34. The highest BCUT2D eigenvalue weighted by atomic mass is 35.5. The maximum Gasteiger partial charge on any atom is 0.0785 e. The molecule has 0 saturated heterocycles. The first-order chi connectivity index (χ1) is 4.97. The Morgan fingerprint density at radius 3 is 2.73 bits per heavy atom. The molecule has 1 heterocycles. The van der Waals surface area contributed by atoms with Crippen LogP contribution in [0.4, 0.5) is 0 Å². The van der Waals surface area contributed by atoms with E-state index in [9.17, 15) is 0 Å². The highest BCUT2D eigenvalue weighted by Gasteiger charge is 2.11. The van der Waals surface area contributed by atoms with Crippen LogP contribution in [0.2, 0.25) is 5.02 Å². The molecule has 11 heavy (non-hydrogen) atoms. The highest BCUT2D eigenvalue weighted by Crippen LogP contribution is 2.07. The van der Waals surface area contributed by atoms with Crippen LogP contribution in [0.5, 0.6) is 0 Å². The van der Waals surface area contributed by atoms with E-state index >= 15 is 0 Å². The summed E-state index contributed by atoms with van der Waals surface area (Å²) in [5, 5.41) is 4.65. The van der Waals surface area contributed by atoms with Crippen LogP contribution in [-0.4, -0.2) is 15.3 Å². The number of rotatable bonds is 2. The van der Waals surface area contributed by atoms with E-state index in [0.29, 0.717) is 11.6 Å². The minimum Gasteiger partial charge on any atom is -0.324 e. The standard InChI is InChI=1S/C7H12ClN3/c1-7(2,9)5-11-4-6(8)3-10-11/h3-4H,5,9H2,1-2H3. The molecule has 1 aromatic heterocycles. The van der Waals surface area contributed by atoms with Gasteiger partial charge < -0.3 is 5.73 Å². The molecule has 0 aliphatic carbocycles. The Labute approximate surface area is 71.1 Å². The lowest BCUT2D eigenvalue weighted by Gasteiger charge is -2.17. The molecule has 0 spiro atoms. The minimum absolute atomic E-state index is 0.241. The molecule has 0 fully saturated rings. The Morgan fingerprint density at radius 1 is 1.73 bits per heavy atom. The zero-order valence-corrected chi connectivity index (χ0v) is 7.47. The summed E-state index contributed by atoms with van der Waals surface area (Å²) in [4.78, 5) is 0. The molecule has 0 saturated carbocycles. The van der Waals surface area contributed by atoms with Gasteiger partial charge in [0.15, 0.2) is 0 Å². The zero-order valence-electron chi connectivity index (χ0n) is 6.71. The van der Waals surface area contributed by atoms with Gasteiger partial charge >= 0.3 is 0 Å². The van der Waals surface area contributed by atoms with Crippen molar-refractivity contribution < 1.29 is 0 Å². The van der Waals surface area contributed by atoms with E-state index in [-0.39, 0.29) is 5.54 Å². The van der Waals surface area contributed by atoms with Gasteiger partial charge in [0.05, 0.1) is 17.8 Å². The summed E-state index contributed by atoms with van der Waals surface area (Å²) in [6.45, 7) is 4.57. The summed E-state index contributed by atoms with van der Waals surface area (Å²) >= 11 is 5.67. The van der Waals surface area contributed by atoms with E-state index in [1.165, 1.54) is 0 Å². The maximum atomic E-state index is 5.77. The predicted octanol–water partition coefficient (Wildman–Crippen LogP) is 1.27. The van der Waals surface area contributed by atoms with Crippen molar-refractivity contribution in [1.82, 2.24) is 9.78 Å². The fraction of sp³-hybridized carbons (Fsp3) is 0.571. The molecule has 0 bridgehead atoms. The molecule has 0 aromatic carbocycles. The molecule has 0 atom stereocenters. The molecule has 1 aromatic rings. The molecule has 4 heteroatoms. The Balaban J connectivity index is 2.65. The van der Waals surface area contributed by atoms with Crippen LogP contribution in [0, 0.1) is 0 Å². The van der Waals surface area contributed by atoms with Crippen molar-refractivity contribution in [2.45, 2.75) is 25.9 Å². The number of aromatic nitrogens is 2. The Kier molecular flexibility index (Phi) is 2.20. The van der Waals surface area contributed by atoms with Crippen LogP contribution in [0.15, 0.2) is 12.4 Å². The average molecular weight is 174 g/mol. The average Bonchev–Trinajstić information content (AvgIpc) is 2.10. The van der Waals surface area contributed by atoms with Gasteiger partial charge in [0.1, 0.15) is 0 Å². The number of hydrogen-bond acceptors (Lipinski definition) is 2. The van der Waals surface area contributed by atoms with E-state index in [1.807, 2.05) is 13.8 Å². The number of hydrogen-bond donors (Lipinski definition) is 1. The van der Waals surface area contributed by atoms with E-state index in [4.69, 9.17) is 17.3 Å². The van der Waals surface area contributed by atoms with Gasteiger partial charge in [-0.05, 0) is 13.8 Å². The molecule has 0 aliphatic heterocycles. The van der Waals surface area contributed by atoms with E-state index in [2.05, 4.69) is 5.10 Å². The quantitative estimate of drug-likeness (QED) is 0.732. The SMILES string of the molecule is CC(C)(N)Cn1cc(Cl)cn1. The van der Waals surface area contributed by atoms with Crippen LogP contribution in [0.1, 0.15) is 13.8 Å². The number of halogens is 1. The van der Waals surface area contributed by atoms with Gasteiger partial charge in [-0.1, -0.05) is 11.6 Å². The fourth-order valence-corrected chi connectivity index (χ4v) is 0.999. The first kappa shape index (κ1) is 8.56. The van der Waals surface area contributed by atoms with Crippen LogP contribution < -0.4 is 5.73 Å². The largest absolute Gasteiger partial charge is 0.324 e. The molecule has 2 N–H and O–H groups in total. The lowest BCUT2D eigenvalue weighted by Crippen LogP contribution is -2.37. The van der Waals surface area contributed by atoms with E-state index < -0.39 is 0 Å². The Hall–Kier alpha value is -0.540. The fourth-order valence-electron chi connectivity index (χ4n) is 0.842. The molecule has 1 rings (SSSR count). The maximum absolute atomic E-state index is 5.77. The monoisotopic (exact) mass is 173 g/mol. The van der Waals surface area contributed by atoms with Crippen LogP contribution in [0.25, 0.3) is 0 Å². The molecule has 0 amide bonds. The van der Waals surface area contributed by atoms with Gasteiger partial charge in [0.2, 0.25) is 0 Å². The van der Waals surface area contributed by atoms with Crippen molar-refractivity contribution in [3.8, 4) is 0 Å². The first-order valence-corrected chi connectivity index (χ1v) is 3.82. The molecular formula is C7H12ClN3. The predicted molar refractivity (Wildman–Crippen MR) is 45.5 cm³/mol. The Morgan fingerprint density at radius 2 is 2.36 bits per heavy atom. The van der Waals surface area contributed by atoms with E-state index in [1.54, 1.807) is 17.1 Å². The zero-order chi connectivity index (χ0) is 8.48. The van der Waals surface area contributed by atoms with Crippen molar-refractivity contribution in [2.24, 2.45) is 5.73 Å². The topological polar surface area (TPSA) is 43.8 Å². The third-order valence-corrected chi connectivity index (χ3v) is 1.37. The third kappa shape index (κ3) is 2.91.